The van der Waals surface area contributed by atoms with E-state index in [1.54, 1.807) is 13.8 Å². The summed E-state index contributed by atoms with van der Waals surface area (Å²) in [5.74, 6) is -2.08. The molecule has 6 nitrogen and oxygen atoms in total. The molecule has 0 aliphatic heterocycles. The topological polar surface area (TPSA) is 75.3 Å². The number of amides is 1. The summed E-state index contributed by atoms with van der Waals surface area (Å²) in [6.45, 7) is 9.54. The van der Waals surface area contributed by atoms with Crippen LogP contribution in [0.3, 0.4) is 0 Å². The van der Waals surface area contributed by atoms with Crippen LogP contribution in [0.1, 0.15) is 55.0 Å². The molecular formula is C22H25F4N3O3. The number of esters is 1. The number of aromatic nitrogens is 2. The van der Waals surface area contributed by atoms with E-state index in [1.807, 2.05) is 0 Å². The molecule has 0 radical (unpaired) electrons. The fourth-order valence-corrected chi connectivity index (χ4v) is 3.40. The number of aromatic amines is 1. The number of H-pyrrole nitrogens is 1. The van der Waals surface area contributed by atoms with Gasteiger partial charge in [0.1, 0.15) is 5.82 Å². The van der Waals surface area contributed by atoms with E-state index in [1.165, 1.54) is 44.0 Å². The first-order valence-corrected chi connectivity index (χ1v) is 9.72. The lowest BCUT2D eigenvalue weighted by atomic mass is 9.80. The molecule has 174 valence electrons. The van der Waals surface area contributed by atoms with Crippen molar-refractivity contribution in [2.45, 2.75) is 45.4 Å². The van der Waals surface area contributed by atoms with Crippen molar-refractivity contribution in [3.63, 3.8) is 0 Å². The van der Waals surface area contributed by atoms with Crippen LogP contribution in [0.2, 0.25) is 0 Å². The van der Waals surface area contributed by atoms with Crippen LogP contribution in [0, 0.1) is 5.82 Å². The number of likely N-dealkylation sites (N-methyl/N-ethyl adjacent to an activating group) is 1. The largest absolute Gasteiger partial charge is 0.459 e. The van der Waals surface area contributed by atoms with Crippen LogP contribution in [0.15, 0.2) is 30.8 Å². The maximum absolute atomic E-state index is 13.7. The molecule has 0 fully saturated rings. The first-order chi connectivity index (χ1) is 14.6. The quantitative estimate of drug-likeness (QED) is 0.377. The molecule has 2 aromatic rings. The molecule has 10 heteroatoms. The van der Waals surface area contributed by atoms with Crippen molar-refractivity contribution in [1.82, 2.24) is 15.1 Å². The smallest absolute Gasteiger partial charge is 0.435 e. The van der Waals surface area contributed by atoms with Gasteiger partial charge in [-0.25, -0.2) is 9.18 Å². The molecule has 0 bridgehead atoms. The minimum Gasteiger partial charge on any atom is -0.459 e. The summed E-state index contributed by atoms with van der Waals surface area (Å²) in [6, 6.07) is 4.99. The van der Waals surface area contributed by atoms with E-state index in [-0.39, 0.29) is 28.9 Å². The van der Waals surface area contributed by atoms with Crippen molar-refractivity contribution < 1.29 is 31.9 Å². The highest BCUT2D eigenvalue weighted by Crippen LogP contribution is 2.40. The summed E-state index contributed by atoms with van der Waals surface area (Å²) in [6.07, 6.45) is -5.33. The monoisotopic (exact) mass is 455 g/mol. The molecule has 2 rings (SSSR count). The van der Waals surface area contributed by atoms with Gasteiger partial charge in [-0.3, -0.25) is 9.89 Å². The van der Waals surface area contributed by atoms with Gasteiger partial charge in [0.15, 0.2) is 5.69 Å². The van der Waals surface area contributed by atoms with Crippen molar-refractivity contribution in [3.8, 4) is 0 Å². The van der Waals surface area contributed by atoms with Gasteiger partial charge in [-0.05, 0) is 32.0 Å². The second-order valence-electron chi connectivity index (χ2n) is 8.31. The minimum absolute atomic E-state index is 0.0525. The van der Waals surface area contributed by atoms with Crippen LogP contribution in [-0.4, -0.2) is 46.7 Å². The van der Waals surface area contributed by atoms with Crippen molar-refractivity contribution in [2.75, 3.05) is 13.6 Å². The number of hydrogen-bond acceptors (Lipinski definition) is 4. The summed E-state index contributed by atoms with van der Waals surface area (Å²) >= 11 is 0. The van der Waals surface area contributed by atoms with Gasteiger partial charge in [0, 0.05) is 30.1 Å². The molecule has 1 aromatic heterocycles. The Hall–Kier alpha value is -3.17. The lowest BCUT2D eigenvalue weighted by Gasteiger charge is -2.32. The van der Waals surface area contributed by atoms with Crippen molar-refractivity contribution in [3.05, 3.63) is 59.2 Å². The third kappa shape index (κ3) is 5.54. The van der Waals surface area contributed by atoms with E-state index >= 15 is 0 Å². The van der Waals surface area contributed by atoms with Crippen LogP contribution in [0.4, 0.5) is 17.6 Å². The third-order valence-electron chi connectivity index (χ3n) is 4.65. The van der Waals surface area contributed by atoms with Crippen molar-refractivity contribution in [1.29, 1.82) is 0 Å². The number of nitrogens with one attached hydrogen (secondary N) is 1. The third-order valence-corrected chi connectivity index (χ3v) is 4.65. The molecule has 1 amide bonds. The van der Waals surface area contributed by atoms with E-state index < -0.39 is 41.1 Å². The number of nitrogens with zero attached hydrogens (tertiary/aromatic N) is 2. The van der Waals surface area contributed by atoms with Crippen LogP contribution in [-0.2, 0) is 21.1 Å². The molecule has 1 N–H and O–H groups in total. The molecule has 0 atom stereocenters. The maximum atomic E-state index is 13.7. The van der Waals surface area contributed by atoms with Crippen LogP contribution >= 0.6 is 0 Å². The Morgan fingerprint density at radius 1 is 1.25 bits per heavy atom. The summed E-state index contributed by atoms with van der Waals surface area (Å²) < 4.78 is 59.7. The molecule has 1 aromatic carbocycles. The number of carbonyl (C=O) groups is 2. The summed E-state index contributed by atoms with van der Waals surface area (Å²) in [5, 5.41) is 5.65. The number of rotatable bonds is 7. The zero-order valence-electron chi connectivity index (χ0n) is 18.4. The van der Waals surface area contributed by atoms with Crippen LogP contribution in [0.25, 0.3) is 5.57 Å². The number of alkyl halides is 3. The van der Waals surface area contributed by atoms with Gasteiger partial charge in [-0.2, -0.15) is 18.3 Å². The van der Waals surface area contributed by atoms with E-state index in [0.717, 1.165) is 6.07 Å². The maximum Gasteiger partial charge on any atom is 0.435 e. The number of carbonyl (C=O) groups excluding carboxylic acids is 2. The number of benzene rings is 1. The lowest BCUT2D eigenvalue weighted by Crippen LogP contribution is -2.39. The minimum atomic E-state index is -4.82. The molecule has 1 heterocycles. The highest BCUT2D eigenvalue weighted by atomic mass is 19.4. The Morgan fingerprint density at radius 2 is 1.88 bits per heavy atom. The first-order valence-electron chi connectivity index (χ1n) is 9.72. The van der Waals surface area contributed by atoms with E-state index in [4.69, 9.17) is 4.74 Å². The molecule has 0 aliphatic rings. The molecule has 0 aliphatic carbocycles. The molecule has 0 saturated carbocycles. The average Bonchev–Trinajstić information content (AvgIpc) is 3.12. The Bertz CT molecular complexity index is 1030. The average molecular weight is 455 g/mol. The first kappa shape index (κ1) is 25.1. The predicted octanol–water partition coefficient (Wildman–Crippen LogP) is 4.58. The summed E-state index contributed by atoms with van der Waals surface area (Å²) in [5.41, 5.74) is -3.36. The SMILES string of the molecule is C=C(C(=O)OC(C)C)c1[nH]nc(C(F)(F)F)c1C(C)(C)CN(C)C(=O)c1cccc(F)c1. The lowest BCUT2D eigenvalue weighted by molar-refractivity contribution is -0.142. The Labute approximate surface area is 183 Å². The van der Waals surface area contributed by atoms with Gasteiger partial charge in [-0.1, -0.05) is 26.5 Å². The predicted molar refractivity (Wildman–Crippen MR) is 110 cm³/mol. The Kier molecular flexibility index (Phi) is 7.16. The zero-order valence-corrected chi connectivity index (χ0v) is 18.4. The highest BCUT2D eigenvalue weighted by Gasteiger charge is 2.44. The van der Waals surface area contributed by atoms with Crippen molar-refractivity contribution in [2.24, 2.45) is 0 Å². The van der Waals surface area contributed by atoms with Gasteiger partial charge in [0.25, 0.3) is 5.91 Å². The molecular weight excluding hydrogens is 430 g/mol. The Morgan fingerprint density at radius 3 is 2.41 bits per heavy atom. The van der Waals surface area contributed by atoms with Crippen molar-refractivity contribution >= 4 is 17.4 Å². The van der Waals surface area contributed by atoms with Gasteiger partial charge in [0.05, 0.1) is 17.4 Å². The number of halogens is 4. The van der Waals surface area contributed by atoms with Crippen LogP contribution < -0.4 is 0 Å². The van der Waals surface area contributed by atoms with Gasteiger partial charge < -0.3 is 9.64 Å². The summed E-state index contributed by atoms with van der Waals surface area (Å²) in [7, 11) is 1.39. The van der Waals surface area contributed by atoms with Gasteiger partial charge >= 0.3 is 12.1 Å². The molecule has 32 heavy (non-hydrogen) atoms. The van der Waals surface area contributed by atoms with E-state index in [9.17, 15) is 27.2 Å². The highest BCUT2D eigenvalue weighted by molar-refractivity contribution is 6.15. The fraction of sp³-hybridized carbons (Fsp3) is 0.409. The zero-order chi connectivity index (χ0) is 24.4. The number of ether oxygens (including phenoxy) is 1. The standard InChI is InChI=1S/C22H25F4N3O3/c1-12(2)32-20(31)13(3)17-16(18(28-27-17)22(24,25)26)21(4,5)11-29(6)19(30)14-8-7-9-15(23)10-14/h7-10,12H,3,11H2,1-2,4-6H3,(H,27,28). The van der Waals surface area contributed by atoms with Gasteiger partial charge in [0.2, 0.25) is 0 Å². The normalized spacial score (nSPS) is 12.1. The Balaban J connectivity index is 2.46. The van der Waals surface area contributed by atoms with E-state index in [2.05, 4.69) is 16.8 Å². The second kappa shape index (κ2) is 9.13. The molecule has 0 spiro atoms. The molecule has 0 unspecified atom stereocenters. The van der Waals surface area contributed by atoms with E-state index in [0.29, 0.717) is 0 Å². The van der Waals surface area contributed by atoms with Crippen LogP contribution in [0.5, 0.6) is 0 Å². The fourth-order valence-electron chi connectivity index (χ4n) is 3.40. The van der Waals surface area contributed by atoms with Gasteiger partial charge in [-0.15, -0.1) is 0 Å². The number of hydrogen-bond donors (Lipinski definition) is 1. The second-order valence-corrected chi connectivity index (χ2v) is 8.31. The molecule has 0 saturated heterocycles. The summed E-state index contributed by atoms with van der Waals surface area (Å²) in [4.78, 5) is 26.2.